The number of rotatable bonds is 2. The molecule has 0 aliphatic heterocycles. The van der Waals surface area contributed by atoms with Gasteiger partial charge in [0.2, 0.25) is 0 Å². The van der Waals surface area contributed by atoms with Gasteiger partial charge in [-0.25, -0.2) is 0 Å². The average Bonchev–Trinajstić information content (AvgIpc) is 2.88. The van der Waals surface area contributed by atoms with Gasteiger partial charge in [-0.05, 0) is 59.9 Å². The van der Waals surface area contributed by atoms with E-state index in [0.29, 0.717) is 0 Å². The highest BCUT2D eigenvalue weighted by molar-refractivity contribution is 5.70. The smallest absolute Gasteiger partial charge is 0.0127 e. The van der Waals surface area contributed by atoms with Crippen LogP contribution in [0, 0.1) is 19.8 Å². The summed E-state index contributed by atoms with van der Waals surface area (Å²) in [4.78, 5) is 0. The van der Waals surface area contributed by atoms with Crippen molar-refractivity contribution in [3.8, 4) is 11.1 Å². The van der Waals surface area contributed by atoms with Gasteiger partial charge in [-0.2, -0.15) is 0 Å². The van der Waals surface area contributed by atoms with Gasteiger partial charge in [0.25, 0.3) is 0 Å². The van der Waals surface area contributed by atoms with E-state index in [1.165, 1.54) is 41.5 Å². The second kappa shape index (κ2) is 5.44. The zero-order chi connectivity index (χ0) is 14.1. The molecule has 104 valence electrons. The summed E-state index contributed by atoms with van der Waals surface area (Å²) < 4.78 is 0. The molecule has 0 spiro atoms. The summed E-state index contributed by atoms with van der Waals surface area (Å²) in [6.45, 7) is 6.98. The van der Waals surface area contributed by atoms with E-state index >= 15 is 0 Å². The SMILES string of the molecule is Cc1ccc(-c2ccccc2)c([C@@H]2CCC[C@@H]2C)c1C. The Morgan fingerprint density at radius 2 is 1.65 bits per heavy atom. The molecule has 1 saturated carbocycles. The van der Waals surface area contributed by atoms with Gasteiger partial charge in [-0.15, -0.1) is 0 Å². The third-order valence-corrected chi connectivity index (χ3v) is 5.10. The van der Waals surface area contributed by atoms with Gasteiger partial charge >= 0.3 is 0 Å². The van der Waals surface area contributed by atoms with Crippen LogP contribution in [0.2, 0.25) is 0 Å². The molecule has 0 bridgehead atoms. The monoisotopic (exact) mass is 264 g/mol. The topological polar surface area (TPSA) is 0 Å². The Hall–Kier alpha value is -1.56. The van der Waals surface area contributed by atoms with Gasteiger partial charge in [0.05, 0.1) is 0 Å². The van der Waals surface area contributed by atoms with E-state index in [2.05, 4.69) is 63.2 Å². The molecule has 0 nitrogen and oxygen atoms in total. The highest BCUT2D eigenvalue weighted by Gasteiger charge is 2.28. The van der Waals surface area contributed by atoms with Crippen molar-refractivity contribution in [2.24, 2.45) is 5.92 Å². The summed E-state index contributed by atoms with van der Waals surface area (Å²) >= 11 is 0. The highest BCUT2D eigenvalue weighted by Crippen LogP contribution is 2.44. The van der Waals surface area contributed by atoms with Crippen LogP contribution in [-0.4, -0.2) is 0 Å². The lowest BCUT2D eigenvalue weighted by Crippen LogP contribution is -2.07. The van der Waals surface area contributed by atoms with E-state index in [9.17, 15) is 0 Å². The van der Waals surface area contributed by atoms with E-state index in [1.54, 1.807) is 5.56 Å². The Morgan fingerprint density at radius 3 is 2.30 bits per heavy atom. The van der Waals surface area contributed by atoms with Crippen molar-refractivity contribution in [3.05, 3.63) is 59.2 Å². The predicted octanol–water partition coefficient (Wildman–Crippen LogP) is 5.87. The van der Waals surface area contributed by atoms with Crippen LogP contribution in [0.3, 0.4) is 0 Å². The molecule has 0 N–H and O–H groups in total. The molecule has 2 aromatic rings. The number of hydrogen-bond donors (Lipinski definition) is 0. The highest BCUT2D eigenvalue weighted by atomic mass is 14.3. The minimum absolute atomic E-state index is 0.741. The quantitative estimate of drug-likeness (QED) is 0.636. The Morgan fingerprint density at radius 1 is 0.900 bits per heavy atom. The third-order valence-electron chi connectivity index (χ3n) is 5.10. The number of aryl methyl sites for hydroxylation is 1. The molecule has 3 rings (SSSR count). The van der Waals surface area contributed by atoms with E-state index in [0.717, 1.165) is 11.8 Å². The summed E-state index contributed by atoms with van der Waals surface area (Å²) in [5.74, 6) is 1.56. The zero-order valence-electron chi connectivity index (χ0n) is 12.8. The summed E-state index contributed by atoms with van der Waals surface area (Å²) in [5.41, 5.74) is 7.36. The molecule has 0 heteroatoms. The number of benzene rings is 2. The van der Waals surface area contributed by atoms with Crippen molar-refractivity contribution >= 4 is 0 Å². The van der Waals surface area contributed by atoms with Crippen molar-refractivity contribution in [2.75, 3.05) is 0 Å². The van der Waals surface area contributed by atoms with Crippen LogP contribution in [0.5, 0.6) is 0 Å². The van der Waals surface area contributed by atoms with Gasteiger partial charge in [-0.3, -0.25) is 0 Å². The fraction of sp³-hybridized carbons (Fsp3) is 0.400. The Kier molecular flexibility index (Phi) is 3.65. The molecule has 0 heterocycles. The van der Waals surface area contributed by atoms with Crippen LogP contribution in [0.1, 0.15) is 48.8 Å². The molecule has 1 aliphatic carbocycles. The normalized spacial score (nSPS) is 22.1. The molecule has 2 atom stereocenters. The molecule has 1 aliphatic rings. The maximum atomic E-state index is 2.42. The van der Waals surface area contributed by atoms with Crippen molar-refractivity contribution < 1.29 is 0 Å². The summed E-state index contributed by atoms with van der Waals surface area (Å²) in [5, 5.41) is 0. The van der Waals surface area contributed by atoms with Gasteiger partial charge in [0.1, 0.15) is 0 Å². The van der Waals surface area contributed by atoms with Gasteiger partial charge in [-0.1, -0.05) is 62.2 Å². The first-order valence-corrected chi connectivity index (χ1v) is 7.84. The minimum Gasteiger partial charge on any atom is -0.0622 e. The van der Waals surface area contributed by atoms with E-state index in [4.69, 9.17) is 0 Å². The zero-order valence-corrected chi connectivity index (χ0v) is 12.8. The largest absolute Gasteiger partial charge is 0.0622 e. The summed E-state index contributed by atoms with van der Waals surface area (Å²) in [6, 6.07) is 15.5. The molecule has 0 unspecified atom stereocenters. The fourth-order valence-corrected chi connectivity index (χ4v) is 3.76. The molecule has 20 heavy (non-hydrogen) atoms. The lowest BCUT2D eigenvalue weighted by molar-refractivity contribution is 0.532. The second-order valence-corrected chi connectivity index (χ2v) is 6.35. The standard InChI is InChI=1S/C20H24/c1-14-12-13-19(17-9-5-4-6-10-17)20(16(14)3)18-11-7-8-15(18)2/h4-6,9-10,12-13,15,18H,7-8,11H2,1-3H3/t15-,18+/m0/s1. The van der Waals surface area contributed by atoms with Crippen LogP contribution in [0.4, 0.5) is 0 Å². The first-order chi connectivity index (χ1) is 9.68. The molecular formula is C20H24. The summed E-state index contributed by atoms with van der Waals surface area (Å²) in [7, 11) is 0. The first-order valence-electron chi connectivity index (χ1n) is 7.84. The minimum atomic E-state index is 0.741. The van der Waals surface area contributed by atoms with Crippen LogP contribution in [0.15, 0.2) is 42.5 Å². The fourth-order valence-electron chi connectivity index (χ4n) is 3.76. The lowest BCUT2D eigenvalue weighted by Gasteiger charge is -2.23. The molecule has 1 fully saturated rings. The van der Waals surface area contributed by atoms with Gasteiger partial charge in [0.15, 0.2) is 0 Å². The molecule has 0 radical (unpaired) electrons. The second-order valence-electron chi connectivity index (χ2n) is 6.35. The van der Waals surface area contributed by atoms with Gasteiger partial charge < -0.3 is 0 Å². The molecule has 0 saturated heterocycles. The molecule has 0 amide bonds. The Labute approximate surface area is 122 Å². The van der Waals surface area contributed by atoms with Crippen LogP contribution >= 0.6 is 0 Å². The van der Waals surface area contributed by atoms with E-state index in [1.807, 2.05) is 0 Å². The molecule has 0 aromatic heterocycles. The first kappa shape index (κ1) is 13.4. The Bertz CT molecular complexity index is 595. The van der Waals surface area contributed by atoms with Crippen molar-refractivity contribution in [2.45, 2.75) is 46.0 Å². The van der Waals surface area contributed by atoms with Crippen LogP contribution in [0.25, 0.3) is 11.1 Å². The van der Waals surface area contributed by atoms with E-state index in [-0.39, 0.29) is 0 Å². The molecular weight excluding hydrogens is 240 g/mol. The Balaban J connectivity index is 2.17. The summed E-state index contributed by atoms with van der Waals surface area (Å²) in [6.07, 6.45) is 4.12. The predicted molar refractivity (Wildman–Crippen MR) is 87.1 cm³/mol. The van der Waals surface area contributed by atoms with E-state index < -0.39 is 0 Å². The van der Waals surface area contributed by atoms with Crippen molar-refractivity contribution in [1.29, 1.82) is 0 Å². The maximum Gasteiger partial charge on any atom is -0.0127 e. The molecule has 2 aromatic carbocycles. The van der Waals surface area contributed by atoms with Crippen LogP contribution < -0.4 is 0 Å². The number of hydrogen-bond acceptors (Lipinski definition) is 0. The van der Waals surface area contributed by atoms with Gasteiger partial charge in [0, 0.05) is 0 Å². The van der Waals surface area contributed by atoms with Crippen molar-refractivity contribution in [1.82, 2.24) is 0 Å². The maximum absolute atomic E-state index is 2.42. The van der Waals surface area contributed by atoms with Crippen molar-refractivity contribution in [3.63, 3.8) is 0 Å². The lowest BCUT2D eigenvalue weighted by atomic mass is 9.81. The average molecular weight is 264 g/mol. The van der Waals surface area contributed by atoms with Crippen LogP contribution in [-0.2, 0) is 0 Å². The third kappa shape index (κ3) is 2.28.